The van der Waals surface area contributed by atoms with Crippen LogP contribution in [0, 0.1) is 5.92 Å². The van der Waals surface area contributed by atoms with Gasteiger partial charge < -0.3 is 4.90 Å². The van der Waals surface area contributed by atoms with Gasteiger partial charge in [0, 0.05) is 25.2 Å². The number of fused-ring (bicyclic) bond motifs is 1. The first kappa shape index (κ1) is 12.5. The summed E-state index contributed by atoms with van der Waals surface area (Å²) in [5, 5.41) is 4.21. The van der Waals surface area contributed by atoms with E-state index in [0.717, 1.165) is 31.4 Å². The quantitative estimate of drug-likeness (QED) is 0.808. The zero-order valence-electron chi connectivity index (χ0n) is 10.6. The standard InChI is InChI=1S/C14H16ClN3O/c15-6-4-11-5-8-17(10-11)14(19)12-9-16-18-7-2-1-3-13(12)18/h1-3,7,9,11H,4-6,8,10H2. The van der Waals surface area contributed by atoms with Crippen molar-refractivity contribution < 1.29 is 4.79 Å². The Balaban J connectivity index is 1.81. The molecule has 0 spiro atoms. The highest BCUT2D eigenvalue weighted by molar-refractivity contribution is 6.17. The number of pyridine rings is 1. The smallest absolute Gasteiger partial charge is 0.257 e. The van der Waals surface area contributed by atoms with E-state index in [2.05, 4.69) is 5.10 Å². The van der Waals surface area contributed by atoms with Crippen LogP contribution in [0.15, 0.2) is 30.6 Å². The van der Waals surface area contributed by atoms with Crippen molar-refractivity contribution in [3.63, 3.8) is 0 Å². The van der Waals surface area contributed by atoms with Crippen LogP contribution < -0.4 is 0 Å². The van der Waals surface area contributed by atoms with Gasteiger partial charge >= 0.3 is 0 Å². The zero-order chi connectivity index (χ0) is 13.2. The van der Waals surface area contributed by atoms with Crippen LogP contribution in [-0.2, 0) is 0 Å². The van der Waals surface area contributed by atoms with Gasteiger partial charge in [-0.05, 0) is 30.9 Å². The van der Waals surface area contributed by atoms with Crippen molar-refractivity contribution in [2.45, 2.75) is 12.8 Å². The number of hydrogen-bond acceptors (Lipinski definition) is 2. The molecule has 1 aliphatic heterocycles. The maximum atomic E-state index is 12.5. The fraction of sp³-hybridized carbons (Fsp3) is 0.429. The number of hydrogen-bond donors (Lipinski definition) is 0. The Morgan fingerprint density at radius 1 is 1.47 bits per heavy atom. The normalized spacial score (nSPS) is 19.2. The third kappa shape index (κ3) is 2.32. The Bertz CT molecular complexity index is 595. The van der Waals surface area contributed by atoms with Crippen LogP contribution in [-0.4, -0.2) is 39.4 Å². The minimum atomic E-state index is 0.0817. The van der Waals surface area contributed by atoms with Gasteiger partial charge in [0.2, 0.25) is 0 Å². The van der Waals surface area contributed by atoms with E-state index in [1.807, 2.05) is 29.3 Å². The lowest BCUT2D eigenvalue weighted by Crippen LogP contribution is -2.28. The first-order chi connectivity index (χ1) is 9.29. The van der Waals surface area contributed by atoms with E-state index in [4.69, 9.17) is 11.6 Å². The molecule has 3 rings (SSSR count). The van der Waals surface area contributed by atoms with Crippen LogP contribution in [0.1, 0.15) is 23.2 Å². The molecular weight excluding hydrogens is 262 g/mol. The molecule has 1 amide bonds. The van der Waals surface area contributed by atoms with Crippen molar-refractivity contribution in [3.8, 4) is 0 Å². The van der Waals surface area contributed by atoms with E-state index in [0.29, 0.717) is 17.4 Å². The van der Waals surface area contributed by atoms with E-state index in [1.54, 1.807) is 10.7 Å². The fourth-order valence-corrected chi connectivity index (χ4v) is 2.99. The van der Waals surface area contributed by atoms with E-state index >= 15 is 0 Å². The van der Waals surface area contributed by atoms with Gasteiger partial charge in [-0.3, -0.25) is 4.79 Å². The summed E-state index contributed by atoms with van der Waals surface area (Å²) in [6, 6.07) is 5.75. The molecule has 1 aliphatic rings. The van der Waals surface area contributed by atoms with Gasteiger partial charge in [-0.2, -0.15) is 5.10 Å². The van der Waals surface area contributed by atoms with Gasteiger partial charge in [0.15, 0.2) is 0 Å². The molecule has 0 aliphatic carbocycles. The molecule has 100 valence electrons. The molecule has 0 N–H and O–H groups in total. The van der Waals surface area contributed by atoms with Crippen LogP contribution >= 0.6 is 11.6 Å². The number of halogens is 1. The Kier molecular flexibility index (Phi) is 3.42. The average Bonchev–Trinajstić information content (AvgIpc) is 3.05. The summed E-state index contributed by atoms with van der Waals surface area (Å²) in [7, 11) is 0. The number of likely N-dealkylation sites (tertiary alicyclic amines) is 1. The zero-order valence-corrected chi connectivity index (χ0v) is 11.4. The lowest BCUT2D eigenvalue weighted by molar-refractivity contribution is 0.0789. The van der Waals surface area contributed by atoms with Crippen LogP contribution in [0.5, 0.6) is 0 Å². The van der Waals surface area contributed by atoms with Crippen LogP contribution in [0.3, 0.4) is 0 Å². The Labute approximate surface area is 117 Å². The molecular formula is C14H16ClN3O. The molecule has 1 saturated heterocycles. The molecule has 0 saturated carbocycles. The van der Waals surface area contributed by atoms with Crippen molar-refractivity contribution in [2.75, 3.05) is 19.0 Å². The van der Waals surface area contributed by atoms with Crippen LogP contribution in [0.2, 0.25) is 0 Å². The molecule has 0 aromatic carbocycles. The summed E-state index contributed by atoms with van der Waals surface area (Å²) >= 11 is 5.77. The van der Waals surface area contributed by atoms with Gasteiger partial charge in [0.1, 0.15) is 0 Å². The number of alkyl halides is 1. The summed E-state index contributed by atoms with van der Waals surface area (Å²) in [6.45, 7) is 1.64. The van der Waals surface area contributed by atoms with Gasteiger partial charge in [0.05, 0.1) is 17.3 Å². The van der Waals surface area contributed by atoms with Crippen molar-refractivity contribution in [2.24, 2.45) is 5.92 Å². The van der Waals surface area contributed by atoms with Gasteiger partial charge in [-0.15, -0.1) is 11.6 Å². The third-order valence-electron chi connectivity index (χ3n) is 3.75. The highest BCUT2D eigenvalue weighted by atomic mass is 35.5. The number of rotatable bonds is 3. The highest BCUT2D eigenvalue weighted by Crippen LogP contribution is 2.23. The third-order valence-corrected chi connectivity index (χ3v) is 3.97. The molecule has 2 aromatic heterocycles. The van der Waals surface area contributed by atoms with Crippen LogP contribution in [0.4, 0.5) is 0 Å². The molecule has 2 aromatic rings. The molecule has 0 radical (unpaired) electrons. The predicted octanol–water partition coefficient (Wildman–Crippen LogP) is 2.43. The first-order valence-electron chi connectivity index (χ1n) is 6.57. The minimum Gasteiger partial charge on any atom is -0.338 e. The fourth-order valence-electron chi connectivity index (χ4n) is 2.68. The number of carbonyl (C=O) groups is 1. The first-order valence-corrected chi connectivity index (χ1v) is 7.10. The minimum absolute atomic E-state index is 0.0817. The second-order valence-electron chi connectivity index (χ2n) is 4.97. The lowest BCUT2D eigenvalue weighted by Gasteiger charge is -2.15. The maximum Gasteiger partial charge on any atom is 0.257 e. The second-order valence-corrected chi connectivity index (χ2v) is 5.35. The van der Waals surface area contributed by atoms with Crippen molar-refractivity contribution >= 4 is 23.0 Å². The van der Waals surface area contributed by atoms with E-state index in [9.17, 15) is 4.79 Å². The molecule has 19 heavy (non-hydrogen) atoms. The summed E-state index contributed by atoms with van der Waals surface area (Å²) in [5.41, 5.74) is 1.56. The number of carbonyl (C=O) groups excluding carboxylic acids is 1. The summed E-state index contributed by atoms with van der Waals surface area (Å²) in [6.07, 6.45) is 5.55. The molecule has 1 fully saturated rings. The number of aromatic nitrogens is 2. The molecule has 3 heterocycles. The predicted molar refractivity (Wildman–Crippen MR) is 74.5 cm³/mol. The number of amides is 1. The second kappa shape index (κ2) is 5.21. The van der Waals surface area contributed by atoms with E-state index in [-0.39, 0.29) is 5.91 Å². The van der Waals surface area contributed by atoms with Crippen molar-refractivity contribution in [1.29, 1.82) is 0 Å². The Morgan fingerprint density at radius 3 is 3.21 bits per heavy atom. The number of nitrogens with zero attached hydrogens (tertiary/aromatic N) is 3. The van der Waals surface area contributed by atoms with Gasteiger partial charge in [-0.25, -0.2) is 4.52 Å². The molecule has 1 atom stereocenters. The Hall–Kier alpha value is -1.55. The lowest BCUT2D eigenvalue weighted by atomic mass is 10.1. The van der Waals surface area contributed by atoms with Gasteiger partial charge in [0.25, 0.3) is 5.91 Å². The van der Waals surface area contributed by atoms with Crippen molar-refractivity contribution in [3.05, 3.63) is 36.2 Å². The largest absolute Gasteiger partial charge is 0.338 e. The summed E-state index contributed by atoms with van der Waals surface area (Å²) < 4.78 is 1.74. The maximum absolute atomic E-state index is 12.5. The molecule has 1 unspecified atom stereocenters. The Morgan fingerprint density at radius 2 is 2.37 bits per heavy atom. The van der Waals surface area contributed by atoms with Gasteiger partial charge in [-0.1, -0.05) is 6.07 Å². The summed E-state index contributed by atoms with van der Waals surface area (Å²) in [5.74, 6) is 1.30. The monoisotopic (exact) mass is 277 g/mol. The molecule has 5 heteroatoms. The summed E-state index contributed by atoms with van der Waals surface area (Å²) in [4.78, 5) is 14.4. The van der Waals surface area contributed by atoms with E-state index in [1.165, 1.54) is 0 Å². The van der Waals surface area contributed by atoms with E-state index < -0.39 is 0 Å². The topological polar surface area (TPSA) is 37.6 Å². The van der Waals surface area contributed by atoms with Crippen LogP contribution in [0.25, 0.3) is 5.52 Å². The average molecular weight is 278 g/mol. The molecule has 0 bridgehead atoms. The molecule has 4 nitrogen and oxygen atoms in total. The SMILES string of the molecule is O=C(c1cnn2ccccc12)N1CCC(CCCl)C1. The highest BCUT2D eigenvalue weighted by Gasteiger charge is 2.27. The van der Waals surface area contributed by atoms with Crippen molar-refractivity contribution in [1.82, 2.24) is 14.5 Å².